The molecule has 1 aliphatic rings. The van der Waals surface area contributed by atoms with Crippen molar-refractivity contribution < 1.29 is 9.53 Å². The molecule has 3 aromatic rings. The maximum Gasteiger partial charge on any atom is 0.250 e. The summed E-state index contributed by atoms with van der Waals surface area (Å²) in [5.74, 6) is 1.00. The van der Waals surface area contributed by atoms with E-state index >= 15 is 0 Å². The van der Waals surface area contributed by atoms with Crippen LogP contribution in [0.3, 0.4) is 0 Å². The third kappa shape index (κ3) is 6.33. The summed E-state index contributed by atoms with van der Waals surface area (Å²) in [6, 6.07) is 20.8. The second kappa shape index (κ2) is 11.7. The zero-order chi connectivity index (χ0) is 22.9. The van der Waals surface area contributed by atoms with E-state index in [0.29, 0.717) is 11.3 Å². The summed E-state index contributed by atoms with van der Waals surface area (Å²) in [4.78, 5) is 19.0. The fourth-order valence-corrected chi connectivity index (χ4v) is 3.37. The van der Waals surface area contributed by atoms with Gasteiger partial charge in [-0.2, -0.15) is 0 Å². The number of halogens is 1. The van der Waals surface area contributed by atoms with Gasteiger partial charge in [0.25, 0.3) is 5.91 Å². The molecule has 0 spiro atoms. The van der Waals surface area contributed by atoms with Crippen LogP contribution < -0.4 is 10.5 Å². The molecule has 1 aliphatic heterocycles. The van der Waals surface area contributed by atoms with E-state index in [4.69, 9.17) is 19.0 Å². The number of hydrogen-bond donors (Lipinski definition) is 2. The van der Waals surface area contributed by atoms with Crippen LogP contribution in [0.4, 0.5) is 0 Å². The van der Waals surface area contributed by atoms with Crippen LogP contribution in [0, 0.1) is 3.56 Å². The molecular formula is C24H24BIN4O2. The molecule has 4 rings (SSSR count). The first kappa shape index (κ1) is 23.8. The first-order chi connectivity index (χ1) is 15.5. The van der Waals surface area contributed by atoms with Crippen molar-refractivity contribution >= 4 is 38.0 Å². The number of ether oxygens (including phenoxy) is 1. The Morgan fingerprint density at radius 2 is 1.75 bits per heavy atom. The number of aromatic nitrogens is 1. The number of benzene rings is 2. The summed E-state index contributed by atoms with van der Waals surface area (Å²) < 4.78 is 11.9. The molecule has 162 valence electrons. The van der Waals surface area contributed by atoms with Crippen LogP contribution in [-0.2, 0) is 0 Å². The Hall–Kier alpha value is -2.85. The molecule has 0 aliphatic carbocycles. The summed E-state index contributed by atoms with van der Waals surface area (Å²) in [5, 5.41) is 0. The molecular weight excluding hydrogens is 514 g/mol. The molecule has 1 aromatic heterocycles. The van der Waals surface area contributed by atoms with Crippen molar-refractivity contribution in [2.45, 2.75) is 6.42 Å². The van der Waals surface area contributed by atoms with Gasteiger partial charge in [0, 0.05) is 18.7 Å². The molecule has 2 aromatic carbocycles. The number of carbonyl (C=O) groups is 1. The highest BCUT2D eigenvalue weighted by Crippen LogP contribution is 2.29. The van der Waals surface area contributed by atoms with Crippen molar-refractivity contribution in [1.82, 2.24) is 9.88 Å². The molecule has 32 heavy (non-hydrogen) atoms. The van der Waals surface area contributed by atoms with E-state index in [1.165, 1.54) is 5.57 Å². The second-order valence-electron chi connectivity index (χ2n) is 7.25. The minimum Gasteiger partial charge on any atom is -0.457 e. The van der Waals surface area contributed by atoms with Crippen molar-refractivity contribution in [1.29, 1.82) is 3.56 Å². The maximum atomic E-state index is 12.0. The molecule has 1 amide bonds. The van der Waals surface area contributed by atoms with Crippen LogP contribution in [0.25, 0.3) is 16.8 Å². The van der Waals surface area contributed by atoms with Gasteiger partial charge < -0.3 is 15.4 Å². The van der Waals surface area contributed by atoms with Gasteiger partial charge in [-0.25, -0.2) is 4.98 Å². The number of nitrogens with one attached hydrogen (secondary N) is 1. The van der Waals surface area contributed by atoms with Gasteiger partial charge in [-0.15, -0.1) is 0 Å². The average Bonchev–Trinajstić information content (AvgIpc) is 2.81. The molecule has 3 N–H and O–H groups in total. The quantitative estimate of drug-likeness (QED) is 0.347. The van der Waals surface area contributed by atoms with E-state index < -0.39 is 26.7 Å². The summed E-state index contributed by atoms with van der Waals surface area (Å²) in [7, 11) is 2.10. The maximum absolute atomic E-state index is 12.0. The van der Waals surface area contributed by atoms with Gasteiger partial charge >= 0.3 is 0 Å². The summed E-state index contributed by atoms with van der Waals surface area (Å²) in [6.07, 6.45) is 3.12. The Bertz CT molecular complexity index is 1100. The van der Waals surface area contributed by atoms with Crippen LogP contribution in [0.2, 0.25) is 0 Å². The lowest BCUT2D eigenvalue weighted by Crippen LogP contribution is -2.24. The number of carbonyl (C=O) groups excluding carboxylic acids is 1. The lowest BCUT2D eigenvalue weighted by atomic mass is 10.00. The van der Waals surface area contributed by atoms with Crippen LogP contribution in [-0.4, -0.2) is 41.6 Å². The lowest BCUT2D eigenvalue weighted by molar-refractivity contribution is 0.100. The molecule has 0 saturated carbocycles. The van der Waals surface area contributed by atoms with Crippen molar-refractivity contribution in [2.75, 3.05) is 20.1 Å². The molecule has 0 atom stereocenters. The smallest absolute Gasteiger partial charge is 0.250 e. The van der Waals surface area contributed by atoms with Gasteiger partial charge in [0.15, 0.2) is 5.70 Å². The minimum absolute atomic E-state index is 0.416. The number of para-hydroxylation sites is 1. The second-order valence-corrected chi connectivity index (χ2v) is 7.87. The first-order valence-electron chi connectivity index (χ1n) is 10.0. The zero-order valence-electron chi connectivity index (χ0n) is 17.8. The van der Waals surface area contributed by atoms with Crippen molar-refractivity contribution in [3.63, 3.8) is 0 Å². The third-order valence-electron chi connectivity index (χ3n) is 5.01. The Morgan fingerprint density at radius 1 is 1.09 bits per heavy atom. The predicted molar refractivity (Wildman–Crippen MR) is 137 cm³/mol. The van der Waals surface area contributed by atoms with E-state index in [2.05, 4.69) is 23.7 Å². The first-order valence-corrected chi connectivity index (χ1v) is 12.4. The summed E-state index contributed by atoms with van der Waals surface area (Å²) in [5.41, 5.74) is 14.2. The third-order valence-corrected chi connectivity index (χ3v) is 5.01. The van der Waals surface area contributed by atoms with Crippen molar-refractivity contribution in [3.05, 3.63) is 84.1 Å². The molecule has 2 heterocycles. The number of nitrogens with zero attached hydrogens (tertiary/aromatic N) is 2. The molecule has 6 nitrogen and oxygen atoms in total. The SMILES string of the molecule is CN1CC=C(c2ccc(C(N)=O)c(-c3ccc(Oc4ccccc4)cc3)n2)CC1.[B]I=N. The highest BCUT2D eigenvalue weighted by atomic mass is 127. The Labute approximate surface area is 199 Å². The Kier molecular flexibility index (Phi) is 8.69. The number of primary amides is 1. The predicted octanol–water partition coefficient (Wildman–Crippen LogP) is 5.16. The monoisotopic (exact) mass is 538 g/mol. The number of nitrogens with two attached hydrogens (primary N) is 1. The minimum atomic E-state index is -0.660. The molecule has 0 bridgehead atoms. The lowest BCUT2D eigenvalue weighted by Gasteiger charge is -2.22. The van der Waals surface area contributed by atoms with Crippen LogP contribution >= 0.6 is 20.8 Å². The topological polar surface area (TPSA) is 92.3 Å². The summed E-state index contributed by atoms with van der Waals surface area (Å²) >= 11 is -0.660. The molecule has 2 radical (unpaired) electrons. The Balaban J connectivity index is 0.000000913. The van der Waals surface area contributed by atoms with Crippen molar-refractivity contribution in [3.8, 4) is 22.8 Å². The van der Waals surface area contributed by atoms with Gasteiger partial charge in [0.05, 0.1) is 17.0 Å². The standard InChI is InChI=1S/C24H23N3O2.BHIN/c1-27-15-13-17(14-16-27)22-12-11-21(24(25)28)23(26-22)18-7-9-20(10-8-18)29-19-5-3-2-4-6-19;1-2-3/h2-13H,14-16H2,1H3,(H2,25,28);3H. The molecule has 0 saturated heterocycles. The number of likely N-dealkylation sites (N-methyl/N-ethyl adjacent to an activating group) is 1. The average molecular weight is 538 g/mol. The summed E-state index contributed by atoms with van der Waals surface area (Å²) in [6.45, 7) is 1.89. The number of hydrogen-bond acceptors (Lipinski definition) is 5. The van der Waals surface area contributed by atoms with Gasteiger partial charge in [0.2, 0.25) is 0 Å². The van der Waals surface area contributed by atoms with E-state index in [1.807, 2.05) is 60.7 Å². The molecule has 0 fully saturated rings. The van der Waals surface area contributed by atoms with E-state index in [9.17, 15) is 4.79 Å². The highest BCUT2D eigenvalue weighted by Gasteiger charge is 2.16. The highest BCUT2D eigenvalue weighted by molar-refractivity contribution is 14.2. The number of rotatable bonds is 5. The van der Waals surface area contributed by atoms with Gasteiger partial charge in [0.1, 0.15) is 11.5 Å². The molecule has 0 unspecified atom stereocenters. The van der Waals surface area contributed by atoms with Gasteiger partial charge in [-0.05, 0) is 67.6 Å². The Morgan fingerprint density at radius 3 is 2.34 bits per heavy atom. The van der Waals surface area contributed by atoms with Gasteiger partial charge in [-0.3, -0.25) is 8.36 Å². The van der Waals surface area contributed by atoms with E-state index in [0.717, 1.165) is 42.3 Å². The van der Waals surface area contributed by atoms with Crippen LogP contribution in [0.5, 0.6) is 11.5 Å². The zero-order valence-corrected chi connectivity index (χ0v) is 20.0. The van der Waals surface area contributed by atoms with E-state index in [1.54, 1.807) is 6.07 Å². The fourth-order valence-electron chi connectivity index (χ4n) is 3.37. The van der Waals surface area contributed by atoms with Crippen LogP contribution in [0.1, 0.15) is 22.5 Å². The van der Waals surface area contributed by atoms with Crippen LogP contribution in [0.15, 0.2) is 72.8 Å². The van der Waals surface area contributed by atoms with Gasteiger partial charge in [-0.1, -0.05) is 45.1 Å². The largest absolute Gasteiger partial charge is 0.457 e. The van der Waals surface area contributed by atoms with Crippen molar-refractivity contribution in [2.24, 2.45) is 5.73 Å². The normalized spacial score (nSPS) is 13.5. The molecule has 8 heteroatoms. The fraction of sp³-hybridized carbons (Fsp3) is 0.167. The number of pyridine rings is 1. The van der Waals surface area contributed by atoms with E-state index in [-0.39, 0.29) is 0 Å². The number of amides is 1.